The summed E-state index contributed by atoms with van der Waals surface area (Å²) in [5.74, 6) is 0. The van der Waals surface area contributed by atoms with Gasteiger partial charge in [0.1, 0.15) is 0 Å². The monoisotopic (exact) mass is 200 g/mol. The zero-order chi connectivity index (χ0) is 4.41. The van der Waals surface area contributed by atoms with Gasteiger partial charge in [-0.25, -0.2) is 0 Å². The van der Waals surface area contributed by atoms with Crippen molar-refractivity contribution in [3.63, 3.8) is 0 Å². The van der Waals surface area contributed by atoms with E-state index >= 15 is 0 Å². The second-order valence-corrected chi connectivity index (χ2v) is 2.62. The van der Waals surface area contributed by atoms with Crippen molar-refractivity contribution >= 4 is 25.6 Å². The van der Waals surface area contributed by atoms with Gasteiger partial charge >= 0.3 is 49.7 Å². The molecule has 0 radical (unpaired) electrons. The molecule has 0 aromatic carbocycles. The van der Waals surface area contributed by atoms with Crippen LogP contribution in [0, 0.1) is 0 Å². The predicted octanol–water partition coefficient (Wildman–Crippen LogP) is 0.0952. The number of hydrogen-bond acceptors (Lipinski definition) is 1. The molecule has 0 bridgehead atoms. The van der Waals surface area contributed by atoms with Crippen LogP contribution in [0.25, 0.3) is 0 Å². The van der Waals surface area contributed by atoms with Gasteiger partial charge in [0, 0.05) is 0 Å². The molecular weight excluding hydrogens is 192 g/mol. The molecule has 0 saturated carbocycles. The van der Waals surface area contributed by atoms with E-state index in [-0.39, 0.29) is 0 Å². The van der Waals surface area contributed by atoms with Crippen LogP contribution in [0.3, 0.4) is 0 Å². The van der Waals surface area contributed by atoms with Crippen LogP contribution in [0.15, 0.2) is 0 Å². The van der Waals surface area contributed by atoms with Crippen LogP contribution in [0.2, 0.25) is 0 Å². The summed E-state index contributed by atoms with van der Waals surface area (Å²) in [6.07, 6.45) is 2.42. The Kier molecular flexibility index (Phi) is 1.50. The van der Waals surface area contributed by atoms with Crippen LogP contribution in [0.5, 0.6) is 0 Å². The molecule has 0 atom stereocenters. The Morgan fingerprint density at radius 3 is 2.67 bits per heavy atom. The number of ether oxygens (including phenoxy) is 1. The Morgan fingerprint density at radius 1 is 1.67 bits per heavy atom. The first kappa shape index (κ1) is 4.61. The molecule has 0 aromatic heterocycles. The first-order chi connectivity index (χ1) is 2.89. The molecule has 1 aliphatic rings. The molecule has 1 heterocycles. The van der Waals surface area contributed by atoms with Gasteiger partial charge in [-0.05, 0) is 0 Å². The van der Waals surface area contributed by atoms with Crippen molar-refractivity contribution in [2.45, 2.75) is 12.8 Å². The quantitative estimate of drug-likeness (QED) is 0.501. The Balaban J connectivity index is 2.37. The molecule has 0 amide bonds. The van der Waals surface area contributed by atoms with Crippen molar-refractivity contribution in [2.75, 3.05) is 6.61 Å². The molecule has 1 fully saturated rings. The van der Waals surface area contributed by atoms with Crippen LogP contribution in [0.4, 0.5) is 0 Å². The Labute approximate surface area is 50.1 Å². The first-order valence-corrected chi connectivity index (χ1v) is 3.22. The molecule has 34 valence electrons. The van der Waals surface area contributed by atoms with Crippen LogP contribution < -0.4 is 0 Å². The first-order valence-electron chi connectivity index (χ1n) is 2.05. The summed E-state index contributed by atoms with van der Waals surface area (Å²) in [6, 6.07) is 0. The molecule has 1 rings (SSSR count). The van der Waals surface area contributed by atoms with Crippen LogP contribution >= 0.6 is 0 Å². The standard InChI is InChI=1S/C4H6OTe/c6-4-2-1-3-5-4/h1-3H2. The van der Waals surface area contributed by atoms with Crippen LogP contribution in [0.1, 0.15) is 12.8 Å². The fourth-order valence-electron chi connectivity index (χ4n) is 0.475. The summed E-state index contributed by atoms with van der Waals surface area (Å²) in [5, 5.41) is 0. The van der Waals surface area contributed by atoms with Gasteiger partial charge in [0.2, 0.25) is 0 Å². The second-order valence-electron chi connectivity index (χ2n) is 1.32. The van der Waals surface area contributed by atoms with E-state index in [2.05, 4.69) is 0 Å². The van der Waals surface area contributed by atoms with Gasteiger partial charge in [-0.15, -0.1) is 0 Å². The van der Waals surface area contributed by atoms with Gasteiger partial charge < -0.3 is 0 Å². The minimum atomic E-state index is 0.953. The summed E-state index contributed by atoms with van der Waals surface area (Å²) in [6.45, 7) is 0.953. The Bertz CT molecular complexity index is 61.9. The molecule has 0 unspecified atom stereocenters. The number of rotatable bonds is 0. The second kappa shape index (κ2) is 1.95. The summed E-state index contributed by atoms with van der Waals surface area (Å²) in [4.78, 5) is 0. The van der Waals surface area contributed by atoms with Crippen LogP contribution in [-0.4, -0.2) is 32.2 Å². The Hall–Kier alpha value is 0.460. The zero-order valence-corrected chi connectivity index (χ0v) is 5.77. The van der Waals surface area contributed by atoms with E-state index in [0.29, 0.717) is 0 Å². The van der Waals surface area contributed by atoms with Crippen molar-refractivity contribution < 1.29 is 4.74 Å². The Morgan fingerprint density at radius 2 is 2.50 bits per heavy atom. The third-order valence-corrected chi connectivity index (χ3v) is 1.71. The van der Waals surface area contributed by atoms with E-state index in [1.54, 1.807) is 0 Å². The van der Waals surface area contributed by atoms with Crippen molar-refractivity contribution in [3.05, 3.63) is 0 Å². The van der Waals surface area contributed by atoms with E-state index in [1.807, 2.05) is 21.8 Å². The molecule has 6 heavy (non-hydrogen) atoms. The third kappa shape index (κ3) is 0.959. The summed E-state index contributed by atoms with van der Waals surface area (Å²) in [7, 11) is 0. The van der Waals surface area contributed by atoms with Gasteiger partial charge in [0.15, 0.2) is 0 Å². The van der Waals surface area contributed by atoms with E-state index in [9.17, 15) is 0 Å². The van der Waals surface area contributed by atoms with Gasteiger partial charge in [-0.2, -0.15) is 0 Å². The van der Waals surface area contributed by atoms with Gasteiger partial charge in [-0.3, -0.25) is 0 Å². The SMILES string of the molecule is [Te]=C1CCCO1. The molecule has 0 N–H and O–H groups in total. The van der Waals surface area contributed by atoms with E-state index in [0.717, 1.165) is 6.61 Å². The van der Waals surface area contributed by atoms with Crippen molar-refractivity contribution in [1.29, 1.82) is 0 Å². The van der Waals surface area contributed by atoms with E-state index in [1.165, 1.54) is 16.6 Å². The minimum absolute atomic E-state index is 0.953. The molecule has 0 aromatic rings. The molecule has 1 saturated heterocycles. The molecular formula is C4H6OTe. The topological polar surface area (TPSA) is 9.23 Å². The molecule has 0 aliphatic carbocycles. The summed E-state index contributed by atoms with van der Waals surface area (Å²) >= 11 is 1.97. The predicted molar refractivity (Wildman–Crippen MR) is 25.9 cm³/mol. The molecule has 0 spiro atoms. The van der Waals surface area contributed by atoms with E-state index in [4.69, 9.17) is 4.74 Å². The van der Waals surface area contributed by atoms with Gasteiger partial charge in [0.25, 0.3) is 0 Å². The molecule has 1 nitrogen and oxygen atoms in total. The summed E-state index contributed by atoms with van der Waals surface area (Å²) in [5.41, 5.74) is 0. The zero-order valence-electron chi connectivity index (χ0n) is 3.44. The van der Waals surface area contributed by atoms with E-state index < -0.39 is 0 Å². The fourth-order valence-corrected chi connectivity index (χ4v) is 1.12. The maximum absolute atomic E-state index is 5.07. The average Bonchev–Trinajstić information content (AvgIpc) is 1.86. The third-order valence-electron chi connectivity index (χ3n) is 0.788. The van der Waals surface area contributed by atoms with Crippen molar-refractivity contribution in [1.82, 2.24) is 0 Å². The maximum atomic E-state index is 5.07. The summed E-state index contributed by atoms with van der Waals surface area (Å²) < 4.78 is 6.29. The van der Waals surface area contributed by atoms with Gasteiger partial charge in [-0.1, -0.05) is 0 Å². The molecule has 1 aliphatic heterocycles. The fraction of sp³-hybridized carbons (Fsp3) is 0.750. The van der Waals surface area contributed by atoms with Crippen LogP contribution in [-0.2, 0) is 4.74 Å². The van der Waals surface area contributed by atoms with Crippen molar-refractivity contribution in [3.8, 4) is 0 Å². The molecule has 2 heteroatoms. The number of hydrogen-bond donors (Lipinski definition) is 0. The van der Waals surface area contributed by atoms with Crippen molar-refractivity contribution in [2.24, 2.45) is 0 Å². The van der Waals surface area contributed by atoms with Gasteiger partial charge in [0.05, 0.1) is 0 Å². The normalized spacial score (nSPS) is 21.0. The average molecular weight is 198 g/mol.